The molecule has 0 fully saturated rings. The fraction of sp³-hybridized carbons (Fsp3) is 0.583. The summed E-state index contributed by atoms with van der Waals surface area (Å²) in [5.74, 6) is 2.57. The second-order valence-corrected chi connectivity index (χ2v) is 11.3. The van der Waals surface area contributed by atoms with E-state index in [-0.39, 0.29) is 11.2 Å². The van der Waals surface area contributed by atoms with Crippen LogP contribution >= 0.6 is 0 Å². The molecule has 0 atom stereocenters. The van der Waals surface area contributed by atoms with Gasteiger partial charge in [0.1, 0.15) is 11.5 Å². The molecule has 0 saturated carbocycles. The van der Waals surface area contributed by atoms with Gasteiger partial charge in [-0.25, -0.2) is 0 Å². The van der Waals surface area contributed by atoms with Crippen molar-refractivity contribution in [2.75, 3.05) is 35.5 Å². The van der Waals surface area contributed by atoms with Gasteiger partial charge in [-0.3, -0.25) is 4.79 Å². The van der Waals surface area contributed by atoms with Crippen molar-refractivity contribution in [3.8, 4) is 40.0 Å². The summed E-state index contributed by atoms with van der Waals surface area (Å²) in [5, 5.41) is 0.481. The van der Waals surface area contributed by atoms with E-state index in [9.17, 15) is 4.79 Å². The number of fused-ring (bicyclic) bond motifs is 1. The van der Waals surface area contributed by atoms with Gasteiger partial charge in [-0.05, 0) is 24.6 Å². The van der Waals surface area contributed by atoms with Gasteiger partial charge in [0.15, 0.2) is 17.2 Å². The molecule has 7 nitrogen and oxygen atoms in total. The SMILES string of the molecule is CCCCCCCCCCCCCCCCn1c(-c2ccc(OC)c(OC)c2)c(OC)c(=O)c2c(OC)cc(OC)cc21. The Hall–Kier alpha value is -3.35. The molecule has 43 heavy (non-hydrogen) atoms. The monoisotopic (exact) mass is 595 g/mol. The highest BCUT2D eigenvalue weighted by atomic mass is 16.5. The van der Waals surface area contributed by atoms with E-state index in [2.05, 4.69) is 11.5 Å². The molecule has 2 aromatic carbocycles. The molecule has 3 rings (SSSR count). The third-order valence-corrected chi connectivity index (χ3v) is 8.32. The smallest absolute Gasteiger partial charge is 0.235 e. The summed E-state index contributed by atoms with van der Waals surface area (Å²) >= 11 is 0. The number of hydrogen-bond acceptors (Lipinski definition) is 6. The number of nitrogens with zero attached hydrogens (tertiary/aromatic N) is 1. The number of rotatable bonds is 21. The average molecular weight is 596 g/mol. The molecule has 0 aliphatic rings. The highest BCUT2D eigenvalue weighted by molar-refractivity contribution is 5.92. The van der Waals surface area contributed by atoms with Gasteiger partial charge in [-0.2, -0.15) is 0 Å². The maximum Gasteiger partial charge on any atom is 0.235 e. The summed E-state index contributed by atoms with van der Waals surface area (Å²) in [6, 6.07) is 9.33. The third kappa shape index (κ3) is 9.07. The van der Waals surface area contributed by atoms with Crippen LogP contribution in [0.3, 0.4) is 0 Å². The normalized spacial score (nSPS) is 11.1. The predicted molar refractivity (Wildman–Crippen MR) is 177 cm³/mol. The Morgan fingerprint density at radius 3 is 1.65 bits per heavy atom. The molecule has 0 saturated heterocycles. The lowest BCUT2D eigenvalue weighted by Gasteiger charge is -2.22. The van der Waals surface area contributed by atoms with Crippen LogP contribution in [0.2, 0.25) is 0 Å². The lowest BCUT2D eigenvalue weighted by Crippen LogP contribution is -2.17. The van der Waals surface area contributed by atoms with Gasteiger partial charge in [0.25, 0.3) is 0 Å². The molecule has 3 aromatic rings. The predicted octanol–water partition coefficient (Wildman–Crippen LogP) is 9.19. The summed E-state index contributed by atoms with van der Waals surface area (Å²) < 4.78 is 30.3. The number of benzene rings is 2. The topological polar surface area (TPSA) is 68.2 Å². The molecular weight excluding hydrogens is 542 g/mol. The zero-order valence-corrected chi connectivity index (χ0v) is 27.4. The first-order valence-corrected chi connectivity index (χ1v) is 16.1. The van der Waals surface area contributed by atoms with Crippen molar-refractivity contribution in [2.24, 2.45) is 0 Å². The van der Waals surface area contributed by atoms with E-state index in [0.29, 0.717) is 40.6 Å². The largest absolute Gasteiger partial charge is 0.497 e. The van der Waals surface area contributed by atoms with Crippen LogP contribution in [0.25, 0.3) is 22.2 Å². The van der Waals surface area contributed by atoms with Crippen LogP contribution < -0.4 is 29.1 Å². The van der Waals surface area contributed by atoms with E-state index in [0.717, 1.165) is 23.9 Å². The van der Waals surface area contributed by atoms with Gasteiger partial charge in [0.2, 0.25) is 5.43 Å². The highest BCUT2D eigenvalue weighted by Crippen LogP contribution is 2.39. The standard InChI is InChI=1S/C36H53NO6/c1-7-8-9-10-11-12-13-14-15-16-17-18-19-20-23-37-29-25-28(39-2)26-32(42-5)33(29)35(38)36(43-6)34(37)27-21-22-30(40-3)31(24-27)41-4/h21-22,24-26H,7-20,23H2,1-6H3. The van der Waals surface area contributed by atoms with Crippen molar-refractivity contribution in [3.63, 3.8) is 0 Å². The number of unbranched alkanes of at least 4 members (excludes halogenated alkanes) is 13. The Kier molecular flexibility index (Phi) is 14.6. The van der Waals surface area contributed by atoms with E-state index in [4.69, 9.17) is 23.7 Å². The van der Waals surface area contributed by atoms with Crippen molar-refractivity contribution in [3.05, 3.63) is 40.6 Å². The second kappa shape index (κ2) is 18.3. The molecule has 7 heteroatoms. The van der Waals surface area contributed by atoms with E-state index in [1.54, 1.807) is 41.6 Å². The summed E-state index contributed by atoms with van der Waals surface area (Å²) in [6.07, 6.45) is 18.2. The Morgan fingerprint density at radius 1 is 0.581 bits per heavy atom. The molecule has 0 N–H and O–H groups in total. The van der Waals surface area contributed by atoms with Crippen LogP contribution in [-0.4, -0.2) is 40.1 Å². The lowest BCUT2D eigenvalue weighted by atomic mass is 10.0. The molecule has 1 heterocycles. The van der Waals surface area contributed by atoms with Gasteiger partial charge in [-0.1, -0.05) is 90.4 Å². The summed E-state index contributed by atoms with van der Waals surface area (Å²) in [4.78, 5) is 13.8. The Labute approximate surface area is 258 Å². The van der Waals surface area contributed by atoms with Crippen LogP contribution in [0.5, 0.6) is 28.7 Å². The van der Waals surface area contributed by atoms with Crippen molar-refractivity contribution in [2.45, 2.75) is 103 Å². The molecule has 1 aromatic heterocycles. The minimum atomic E-state index is -0.223. The van der Waals surface area contributed by atoms with E-state index in [1.165, 1.54) is 77.0 Å². The quantitative estimate of drug-likeness (QED) is 0.114. The molecule has 0 bridgehead atoms. The van der Waals surface area contributed by atoms with Gasteiger partial charge >= 0.3 is 0 Å². The number of aryl methyl sites for hydroxylation is 1. The minimum absolute atomic E-state index is 0.223. The van der Waals surface area contributed by atoms with Gasteiger partial charge < -0.3 is 28.3 Å². The molecule has 0 aliphatic heterocycles. The minimum Gasteiger partial charge on any atom is -0.497 e. The van der Waals surface area contributed by atoms with Crippen molar-refractivity contribution < 1.29 is 23.7 Å². The van der Waals surface area contributed by atoms with Gasteiger partial charge in [-0.15, -0.1) is 0 Å². The Bertz CT molecular complexity index is 1330. The molecule has 0 aliphatic carbocycles. The van der Waals surface area contributed by atoms with Gasteiger partial charge in [0, 0.05) is 24.2 Å². The van der Waals surface area contributed by atoms with Crippen molar-refractivity contribution in [1.82, 2.24) is 4.57 Å². The Morgan fingerprint density at radius 2 is 1.14 bits per heavy atom. The molecule has 0 radical (unpaired) electrons. The summed E-state index contributed by atoms with van der Waals surface area (Å²) in [5.41, 5.74) is 2.03. The van der Waals surface area contributed by atoms with E-state index in [1.807, 2.05) is 24.3 Å². The average Bonchev–Trinajstić information content (AvgIpc) is 3.04. The third-order valence-electron chi connectivity index (χ3n) is 8.32. The second-order valence-electron chi connectivity index (χ2n) is 11.3. The molecular formula is C36H53NO6. The zero-order valence-electron chi connectivity index (χ0n) is 27.4. The first-order valence-electron chi connectivity index (χ1n) is 16.1. The summed E-state index contributed by atoms with van der Waals surface area (Å²) in [6.45, 7) is 2.99. The molecule has 0 amide bonds. The van der Waals surface area contributed by atoms with Crippen LogP contribution in [0.15, 0.2) is 35.1 Å². The van der Waals surface area contributed by atoms with Crippen LogP contribution in [0.1, 0.15) is 96.8 Å². The van der Waals surface area contributed by atoms with Crippen LogP contribution in [0.4, 0.5) is 0 Å². The van der Waals surface area contributed by atoms with Crippen molar-refractivity contribution >= 4 is 10.9 Å². The van der Waals surface area contributed by atoms with E-state index >= 15 is 0 Å². The number of methoxy groups -OCH3 is 5. The summed E-state index contributed by atoms with van der Waals surface area (Å²) in [7, 11) is 7.95. The lowest BCUT2D eigenvalue weighted by molar-refractivity contribution is 0.355. The van der Waals surface area contributed by atoms with E-state index < -0.39 is 0 Å². The first kappa shape index (κ1) is 34.1. The van der Waals surface area contributed by atoms with Gasteiger partial charge in [0.05, 0.1) is 52.1 Å². The van der Waals surface area contributed by atoms with Crippen LogP contribution in [0, 0.1) is 0 Å². The molecule has 0 spiro atoms. The fourth-order valence-electron chi connectivity index (χ4n) is 5.92. The maximum absolute atomic E-state index is 13.8. The first-order chi connectivity index (χ1) is 21.0. The Balaban J connectivity index is 1.78. The zero-order chi connectivity index (χ0) is 31.0. The number of pyridine rings is 1. The van der Waals surface area contributed by atoms with Crippen molar-refractivity contribution in [1.29, 1.82) is 0 Å². The highest BCUT2D eigenvalue weighted by Gasteiger charge is 2.23. The van der Waals surface area contributed by atoms with Crippen LogP contribution in [-0.2, 0) is 6.54 Å². The maximum atomic E-state index is 13.8. The number of hydrogen-bond donors (Lipinski definition) is 0. The molecule has 0 unspecified atom stereocenters. The number of aromatic nitrogens is 1. The number of ether oxygens (including phenoxy) is 5. The molecule has 238 valence electrons. The fourth-order valence-corrected chi connectivity index (χ4v) is 5.92.